The number of ether oxygens (including phenoxy) is 4. The fourth-order valence-electron chi connectivity index (χ4n) is 6.69. The summed E-state index contributed by atoms with van der Waals surface area (Å²) >= 11 is 0. The molecular formula is C42H53N5O10PSi+. The lowest BCUT2D eigenvalue weighted by atomic mass is 9.80. The summed E-state index contributed by atoms with van der Waals surface area (Å²) in [7, 11) is -0.800. The Labute approximate surface area is 345 Å². The van der Waals surface area contributed by atoms with E-state index in [1.807, 2.05) is 78.9 Å². The minimum atomic E-state index is -2.67. The van der Waals surface area contributed by atoms with E-state index in [9.17, 15) is 14.2 Å². The van der Waals surface area contributed by atoms with Crippen LogP contribution in [0.1, 0.15) is 57.5 Å². The molecule has 1 fully saturated rings. The number of H-pyrrole nitrogens is 1. The minimum absolute atomic E-state index is 0.00491. The van der Waals surface area contributed by atoms with Crippen molar-refractivity contribution >= 4 is 39.6 Å². The van der Waals surface area contributed by atoms with Crippen LogP contribution in [0.3, 0.4) is 0 Å². The van der Waals surface area contributed by atoms with E-state index in [4.69, 9.17) is 32.4 Å². The molecule has 59 heavy (non-hydrogen) atoms. The molecule has 3 aromatic carbocycles. The number of carbonyl (C=O) groups excluding carboxylic acids is 1. The highest BCUT2D eigenvalue weighted by molar-refractivity contribution is 7.33. The van der Waals surface area contributed by atoms with E-state index in [1.165, 1.54) is 18.0 Å². The first kappa shape index (κ1) is 43.8. The van der Waals surface area contributed by atoms with Crippen LogP contribution in [0.5, 0.6) is 11.5 Å². The van der Waals surface area contributed by atoms with E-state index in [-0.39, 0.29) is 40.6 Å². The summed E-state index contributed by atoms with van der Waals surface area (Å²) in [5, 5.41) is 2.40. The second-order valence-electron chi connectivity index (χ2n) is 16.1. The van der Waals surface area contributed by atoms with Gasteiger partial charge in [0.25, 0.3) is 5.56 Å². The summed E-state index contributed by atoms with van der Waals surface area (Å²) in [6.07, 6.45) is -2.53. The van der Waals surface area contributed by atoms with Crippen molar-refractivity contribution in [1.29, 1.82) is 0 Å². The number of anilines is 1. The van der Waals surface area contributed by atoms with E-state index in [0.29, 0.717) is 11.5 Å². The lowest BCUT2D eigenvalue weighted by Gasteiger charge is -2.41. The second kappa shape index (κ2) is 17.8. The second-order valence-corrected chi connectivity index (χ2v) is 21.9. The van der Waals surface area contributed by atoms with Crippen molar-refractivity contribution < 1.29 is 41.8 Å². The Balaban J connectivity index is 1.52. The van der Waals surface area contributed by atoms with Crippen molar-refractivity contribution in [2.24, 2.45) is 5.92 Å². The van der Waals surface area contributed by atoms with Crippen molar-refractivity contribution in [2.75, 3.05) is 33.3 Å². The van der Waals surface area contributed by atoms with Crippen LogP contribution in [0.15, 0.2) is 90.0 Å². The Morgan fingerprint density at radius 3 is 2.02 bits per heavy atom. The molecule has 5 atom stereocenters. The number of aromatic nitrogens is 4. The summed E-state index contributed by atoms with van der Waals surface area (Å²) in [5.74, 6) is 0.561. The zero-order valence-corrected chi connectivity index (χ0v) is 36.9. The smallest absolute Gasteiger partial charge is 0.497 e. The zero-order valence-electron chi connectivity index (χ0n) is 35.0. The van der Waals surface area contributed by atoms with Crippen molar-refractivity contribution in [1.82, 2.24) is 19.5 Å². The number of imidazole rings is 1. The van der Waals surface area contributed by atoms with Crippen molar-refractivity contribution in [3.05, 3.63) is 112 Å². The first-order valence-corrected chi connectivity index (χ1v) is 23.3. The average Bonchev–Trinajstić information content (AvgIpc) is 3.79. The fourth-order valence-corrected chi connectivity index (χ4v) is 8.52. The molecular weight excluding hydrogens is 794 g/mol. The van der Waals surface area contributed by atoms with Gasteiger partial charge in [0.2, 0.25) is 11.9 Å². The van der Waals surface area contributed by atoms with Crippen LogP contribution < -0.4 is 20.3 Å². The van der Waals surface area contributed by atoms with Crippen LogP contribution >= 0.6 is 8.25 Å². The van der Waals surface area contributed by atoms with Crippen molar-refractivity contribution in [2.45, 2.75) is 82.9 Å². The number of hydrogen-bond acceptors (Lipinski definition) is 12. The van der Waals surface area contributed by atoms with Gasteiger partial charge in [-0.05, 0) is 59.1 Å². The van der Waals surface area contributed by atoms with E-state index < -0.39 is 52.3 Å². The highest BCUT2D eigenvalue weighted by Crippen LogP contribution is 2.47. The highest BCUT2D eigenvalue weighted by Gasteiger charge is 2.56. The topological polar surface area (TPSA) is 174 Å². The highest BCUT2D eigenvalue weighted by atomic mass is 31.1. The van der Waals surface area contributed by atoms with Gasteiger partial charge in [0.05, 0.1) is 34.3 Å². The van der Waals surface area contributed by atoms with Gasteiger partial charge < -0.3 is 23.4 Å². The molecule has 3 heterocycles. The predicted molar refractivity (Wildman–Crippen MR) is 225 cm³/mol. The molecule has 2 aromatic heterocycles. The van der Waals surface area contributed by atoms with Crippen LogP contribution in [-0.2, 0) is 37.9 Å². The third-order valence-corrected chi connectivity index (χ3v) is 16.2. The summed E-state index contributed by atoms with van der Waals surface area (Å²) < 4.78 is 58.6. The summed E-state index contributed by atoms with van der Waals surface area (Å²) in [6.45, 7) is 13.9. The maximum absolute atomic E-state index is 13.3. The molecule has 1 amide bonds. The molecule has 2 N–H and O–H groups in total. The molecule has 0 aliphatic carbocycles. The van der Waals surface area contributed by atoms with Gasteiger partial charge in [-0.15, -0.1) is 9.05 Å². The largest absolute Gasteiger partial charge is 0.697 e. The molecule has 15 nitrogen and oxygen atoms in total. The molecule has 1 aliphatic rings. The van der Waals surface area contributed by atoms with E-state index in [0.717, 1.165) is 16.7 Å². The van der Waals surface area contributed by atoms with Gasteiger partial charge >= 0.3 is 8.25 Å². The number of nitrogens with one attached hydrogen (secondary N) is 2. The lowest BCUT2D eigenvalue weighted by molar-refractivity contribution is -0.118. The molecule has 5 aromatic rings. The third-order valence-electron chi connectivity index (χ3n) is 11.0. The quantitative estimate of drug-likeness (QED) is 0.0563. The van der Waals surface area contributed by atoms with Crippen LogP contribution in [0.25, 0.3) is 11.2 Å². The third kappa shape index (κ3) is 9.04. The monoisotopic (exact) mass is 846 g/mol. The Morgan fingerprint density at radius 2 is 1.49 bits per heavy atom. The molecule has 0 radical (unpaired) electrons. The van der Waals surface area contributed by atoms with Crippen LogP contribution in [0.4, 0.5) is 5.95 Å². The predicted octanol–water partition coefficient (Wildman–Crippen LogP) is 7.72. The summed E-state index contributed by atoms with van der Waals surface area (Å²) in [6, 6.07) is 25.2. The number of rotatable bonds is 16. The van der Waals surface area contributed by atoms with Gasteiger partial charge in [0, 0.05) is 10.5 Å². The number of methoxy groups -OCH3 is 2. The number of amides is 1. The molecule has 17 heteroatoms. The number of benzene rings is 3. The maximum Gasteiger partial charge on any atom is 0.697 e. The average molecular weight is 847 g/mol. The maximum atomic E-state index is 13.3. The number of aromatic amines is 1. The lowest BCUT2D eigenvalue weighted by Crippen LogP contribution is -2.50. The molecule has 1 saturated heterocycles. The van der Waals surface area contributed by atoms with Gasteiger partial charge in [-0.25, -0.2) is 4.98 Å². The Hall–Kier alpha value is -4.80. The van der Waals surface area contributed by atoms with Gasteiger partial charge in [-0.3, -0.25) is 24.5 Å². The molecule has 2 unspecified atom stereocenters. The Morgan fingerprint density at radius 1 is 0.915 bits per heavy atom. The van der Waals surface area contributed by atoms with E-state index in [2.05, 4.69) is 54.1 Å². The van der Waals surface area contributed by atoms with Gasteiger partial charge in [-0.2, -0.15) is 4.98 Å². The summed E-state index contributed by atoms with van der Waals surface area (Å²) in [5.41, 5.74) is 0.754. The van der Waals surface area contributed by atoms with Crippen molar-refractivity contribution in [3.8, 4) is 11.5 Å². The van der Waals surface area contributed by atoms with E-state index >= 15 is 0 Å². The number of carbonyl (C=O) groups is 1. The molecule has 1 aliphatic heterocycles. The van der Waals surface area contributed by atoms with Crippen LogP contribution in [-0.4, -0.2) is 80.0 Å². The van der Waals surface area contributed by atoms with Gasteiger partial charge in [0.1, 0.15) is 29.3 Å². The zero-order chi connectivity index (χ0) is 42.7. The number of fused-ring (bicyclic) bond motifs is 1. The summed E-state index contributed by atoms with van der Waals surface area (Å²) in [4.78, 5) is 37.5. The first-order chi connectivity index (χ1) is 28.0. The number of nitrogens with zero attached hydrogens (tertiary/aromatic N) is 3. The minimum Gasteiger partial charge on any atom is -0.497 e. The van der Waals surface area contributed by atoms with Gasteiger partial charge in [-0.1, -0.05) is 89.2 Å². The first-order valence-electron chi connectivity index (χ1n) is 19.3. The van der Waals surface area contributed by atoms with Crippen LogP contribution in [0, 0.1) is 5.92 Å². The SMILES string of the molecule is COc1ccc(C(OC[C@H]2O[C@@H](n3cnc4c(=O)[nH]c(NC(=O)C(C)C)nc43)[C@@H](O[P+](=O)OC)C2O[Si](C)(C)C(C)(C)C)(c2ccccc2)c2ccc(OC)cc2)cc1. The molecule has 6 rings (SSSR count). The fraction of sp³-hybridized carbons (Fsp3) is 0.429. The van der Waals surface area contributed by atoms with Crippen LogP contribution in [0.2, 0.25) is 18.1 Å². The molecule has 314 valence electrons. The van der Waals surface area contributed by atoms with Gasteiger partial charge in [0.15, 0.2) is 31.8 Å². The Bertz CT molecular complexity index is 2250. The number of hydrogen-bond donors (Lipinski definition) is 2. The van der Waals surface area contributed by atoms with Crippen molar-refractivity contribution in [3.63, 3.8) is 0 Å². The molecule has 0 saturated carbocycles. The van der Waals surface area contributed by atoms with E-state index in [1.54, 1.807) is 28.1 Å². The molecule has 0 spiro atoms. The normalized spacial score (nSPS) is 18.9. The molecule has 0 bridgehead atoms. The Kier molecular flexibility index (Phi) is 13.2. The standard InChI is InChI=1S/C42H52N5O10PSi/c1-26(2)37(48)45-40-44-36-33(38(49)46-40)43-25-47(36)39-35(56-58(50)53-8)34(57-59(9,10)41(3,4)5)32(55-39)24-54-42(27-14-12-11-13-15-27,28-16-20-30(51-6)21-17-28)29-18-22-31(52-7)23-19-29/h11-23,25-26,32,34-35,39H,24H2,1-10H3,(H-,44,45,46,48,49)/p+1/t32-,34?,35+,39-/m1/s1.